The molecule has 3 aromatic rings. The molecule has 0 aliphatic rings. The molecule has 1 aromatic heterocycles. The molecule has 5 heteroatoms. The summed E-state index contributed by atoms with van der Waals surface area (Å²) in [6, 6.07) is 15.6. The molecule has 0 amide bonds. The van der Waals surface area contributed by atoms with Crippen LogP contribution >= 0.6 is 0 Å². The van der Waals surface area contributed by atoms with Crippen molar-refractivity contribution in [1.82, 2.24) is 9.97 Å². The Kier molecular flexibility index (Phi) is 5.49. The Balaban J connectivity index is 1.92. The standard InChI is InChI=1S/C21H24N4O/c1-3-17(22)13-24-20-9-10-23-21(25-20)18-12-16(7-8-19(18)26)15-6-4-5-14(2)11-15/h4-12,17,26H,3,13,22H2,1-2H3,(H,23,24,25)/t17-/m1/s1. The molecule has 1 atom stereocenters. The number of hydrogen-bond acceptors (Lipinski definition) is 5. The number of aromatic hydroxyl groups is 1. The highest BCUT2D eigenvalue weighted by Gasteiger charge is 2.11. The normalized spacial score (nSPS) is 12.0. The van der Waals surface area contributed by atoms with E-state index in [4.69, 9.17) is 5.73 Å². The molecule has 0 fully saturated rings. The zero-order chi connectivity index (χ0) is 18.5. The topological polar surface area (TPSA) is 84.1 Å². The minimum absolute atomic E-state index is 0.0754. The average Bonchev–Trinajstić information content (AvgIpc) is 2.66. The van der Waals surface area contributed by atoms with E-state index in [9.17, 15) is 5.11 Å². The van der Waals surface area contributed by atoms with Gasteiger partial charge in [0.2, 0.25) is 0 Å². The molecule has 134 valence electrons. The summed E-state index contributed by atoms with van der Waals surface area (Å²) >= 11 is 0. The fraction of sp³-hybridized carbons (Fsp3) is 0.238. The van der Waals surface area contributed by atoms with Crippen LogP contribution in [0.25, 0.3) is 22.5 Å². The maximum absolute atomic E-state index is 10.3. The van der Waals surface area contributed by atoms with Gasteiger partial charge >= 0.3 is 0 Å². The number of aryl methyl sites for hydroxylation is 1. The summed E-state index contributed by atoms with van der Waals surface area (Å²) in [6.45, 7) is 4.75. The third-order valence-electron chi connectivity index (χ3n) is 4.31. The van der Waals surface area contributed by atoms with Gasteiger partial charge in [0.1, 0.15) is 11.6 Å². The molecule has 0 saturated heterocycles. The lowest BCUT2D eigenvalue weighted by Gasteiger charge is -2.12. The highest BCUT2D eigenvalue weighted by atomic mass is 16.3. The second kappa shape index (κ2) is 7.97. The van der Waals surface area contributed by atoms with Crippen LogP contribution in [0.3, 0.4) is 0 Å². The summed E-state index contributed by atoms with van der Waals surface area (Å²) in [5.41, 5.74) is 9.84. The Morgan fingerprint density at radius 1 is 1.12 bits per heavy atom. The van der Waals surface area contributed by atoms with E-state index in [0.29, 0.717) is 23.8 Å². The van der Waals surface area contributed by atoms with Crippen molar-refractivity contribution in [1.29, 1.82) is 0 Å². The van der Waals surface area contributed by atoms with Crippen LogP contribution in [-0.4, -0.2) is 27.7 Å². The summed E-state index contributed by atoms with van der Waals surface area (Å²) in [5, 5.41) is 13.5. The molecule has 2 aromatic carbocycles. The van der Waals surface area contributed by atoms with Crippen molar-refractivity contribution in [3.8, 4) is 28.3 Å². The van der Waals surface area contributed by atoms with E-state index < -0.39 is 0 Å². The van der Waals surface area contributed by atoms with Crippen molar-refractivity contribution in [3.05, 3.63) is 60.3 Å². The molecule has 26 heavy (non-hydrogen) atoms. The van der Waals surface area contributed by atoms with Crippen LogP contribution in [0.15, 0.2) is 54.7 Å². The van der Waals surface area contributed by atoms with Crippen molar-refractivity contribution in [2.75, 3.05) is 11.9 Å². The van der Waals surface area contributed by atoms with Gasteiger partial charge in [-0.15, -0.1) is 0 Å². The van der Waals surface area contributed by atoms with Gasteiger partial charge < -0.3 is 16.2 Å². The Morgan fingerprint density at radius 2 is 1.92 bits per heavy atom. The number of phenols is 1. The maximum atomic E-state index is 10.3. The highest BCUT2D eigenvalue weighted by Crippen LogP contribution is 2.32. The number of nitrogens with two attached hydrogens (primary N) is 1. The molecule has 0 radical (unpaired) electrons. The maximum Gasteiger partial charge on any atom is 0.165 e. The van der Waals surface area contributed by atoms with Crippen LogP contribution in [0.4, 0.5) is 5.82 Å². The first-order chi connectivity index (χ1) is 12.6. The molecule has 0 spiro atoms. The minimum atomic E-state index is 0.0754. The van der Waals surface area contributed by atoms with Crippen molar-refractivity contribution in [2.24, 2.45) is 5.73 Å². The number of rotatable bonds is 6. The molecule has 0 bridgehead atoms. The van der Waals surface area contributed by atoms with E-state index in [1.54, 1.807) is 18.3 Å². The van der Waals surface area contributed by atoms with Gasteiger partial charge in [0.15, 0.2) is 5.82 Å². The first-order valence-corrected chi connectivity index (χ1v) is 8.79. The minimum Gasteiger partial charge on any atom is -0.507 e. The van der Waals surface area contributed by atoms with Crippen molar-refractivity contribution < 1.29 is 5.11 Å². The molecule has 1 heterocycles. The predicted octanol–water partition coefficient (Wildman–Crippen LogP) is 3.97. The van der Waals surface area contributed by atoms with Gasteiger partial charge in [0.05, 0.1) is 5.56 Å². The number of benzene rings is 2. The van der Waals surface area contributed by atoms with E-state index in [2.05, 4.69) is 34.3 Å². The number of hydrogen-bond donors (Lipinski definition) is 3. The smallest absolute Gasteiger partial charge is 0.165 e. The summed E-state index contributed by atoms with van der Waals surface area (Å²) in [4.78, 5) is 8.85. The van der Waals surface area contributed by atoms with E-state index in [-0.39, 0.29) is 11.8 Å². The zero-order valence-electron chi connectivity index (χ0n) is 15.1. The summed E-state index contributed by atoms with van der Waals surface area (Å²) < 4.78 is 0. The number of nitrogens with zero attached hydrogens (tertiary/aromatic N) is 2. The molecule has 4 N–H and O–H groups in total. The molecule has 0 aliphatic heterocycles. The third kappa shape index (κ3) is 4.18. The molecule has 0 saturated carbocycles. The predicted molar refractivity (Wildman–Crippen MR) is 106 cm³/mol. The largest absolute Gasteiger partial charge is 0.507 e. The van der Waals surface area contributed by atoms with Gasteiger partial charge in [-0.2, -0.15) is 0 Å². The Hall–Kier alpha value is -2.92. The third-order valence-corrected chi connectivity index (χ3v) is 4.31. The SMILES string of the molecule is CC[C@@H](N)CNc1ccnc(-c2cc(-c3cccc(C)c3)ccc2O)n1. The van der Waals surface area contributed by atoms with E-state index in [0.717, 1.165) is 17.5 Å². The summed E-state index contributed by atoms with van der Waals surface area (Å²) in [5.74, 6) is 1.33. The molecule has 0 unspecified atom stereocenters. The van der Waals surface area contributed by atoms with E-state index in [1.807, 2.05) is 31.2 Å². The Morgan fingerprint density at radius 3 is 2.69 bits per heavy atom. The first-order valence-electron chi connectivity index (χ1n) is 8.79. The fourth-order valence-electron chi connectivity index (χ4n) is 2.69. The second-order valence-corrected chi connectivity index (χ2v) is 6.42. The highest BCUT2D eigenvalue weighted by molar-refractivity contribution is 5.75. The fourth-order valence-corrected chi connectivity index (χ4v) is 2.69. The van der Waals surface area contributed by atoms with Crippen LogP contribution < -0.4 is 11.1 Å². The Labute approximate surface area is 153 Å². The second-order valence-electron chi connectivity index (χ2n) is 6.42. The molecular formula is C21H24N4O. The van der Waals surface area contributed by atoms with Crippen LogP contribution in [0.1, 0.15) is 18.9 Å². The molecule has 0 aliphatic carbocycles. The van der Waals surface area contributed by atoms with Crippen LogP contribution in [-0.2, 0) is 0 Å². The van der Waals surface area contributed by atoms with Crippen molar-refractivity contribution in [3.63, 3.8) is 0 Å². The van der Waals surface area contributed by atoms with Crippen molar-refractivity contribution in [2.45, 2.75) is 26.3 Å². The Bertz CT molecular complexity index is 895. The van der Waals surface area contributed by atoms with Gasteiger partial charge in [-0.05, 0) is 42.7 Å². The van der Waals surface area contributed by atoms with Gasteiger partial charge in [-0.3, -0.25) is 0 Å². The molecule has 3 rings (SSSR count). The monoisotopic (exact) mass is 348 g/mol. The van der Waals surface area contributed by atoms with Crippen LogP contribution in [0.5, 0.6) is 5.75 Å². The van der Waals surface area contributed by atoms with Crippen LogP contribution in [0, 0.1) is 6.92 Å². The van der Waals surface area contributed by atoms with Gasteiger partial charge in [-0.1, -0.05) is 42.8 Å². The first kappa shape index (κ1) is 17.9. The van der Waals surface area contributed by atoms with Crippen molar-refractivity contribution >= 4 is 5.82 Å². The average molecular weight is 348 g/mol. The lowest BCUT2D eigenvalue weighted by Crippen LogP contribution is -2.28. The summed E-state index contributed by atoms with van der Waals surface area (Å²) in [7, 11) is 0. The lowest BCUT2D eigenvalue weighted by atomic mass is 10.0. The molecular weight excluding hydrogens is 324 g/mol. The van der Waals surface area contributed by atoms with E-state index in [1.165, 1.54) is 5.56 Å². The van der Waals surface area contributed by atoms with Gasteiger partial charge in [0, 0.05) is 18.8 Å². The van der Waals surface area contributed by atoms with Crippen LogP contribution in [0.2, 0.25) is 0 Å². The van der Waals surface area contributed by atoms with E-state index >= 15 is 0 Å². The number of nitrogens with one attached hydrogen (secondary N) is 1. The number of phenolic OH excluding ortho intramolecular Hbond substituents is 1. The molecule has 5 nitrogen and oxygen atoms in total. The number of aromatic nitrogens is 2. The van der Waals surface area contributed by atoms with Gasteiger partial charge in [0.25, 0.3) is 0 Å². The quantitative estimate of drug-likeness (QED) is 0.628. The lowest BCUT2D eigenvalue weighted by molar-refractivity contribution is 0.477. The summed E-state index contributed by atoms with van der Waals surface area (Å²) in [6.07, 6.45) is 2.57. The zero-order valence-corrected chi connectivity index (χ0v) is 15.1. The van der Waals surface area contributed by atoms with Gasteiger partial charge in [-0.25, -0.2) is 9.97 Å². The number of anilines is 1.